The number of carbonyl (C=O) groups excluding carboxylic acids is 1. The van der Waals surface area contributed by atoms with Crippen LogP contribution in [0.4, 0.5) is 0 Å². The first-order valence-electron chi connectivity index (χ1n) is 7.99. The Labute approximate surface area is 121 Å². The Bertz CT molecular complexity index is 376. The molecule has 5 heteroatoms. The second kappa shape index (κ2) is 5.62. The summed E-state index contributed by atoms with van der Waals surface area (Å²) in [6.07, 6.45) is 5.58. The lowest BCUT2D eigenvalue weighted by Crippen LogP contribution is -2.53. The van der Waals surface area contributed by atoms with Crippen LogP contribution in [-0.2, 0) is 9.53 Å². The number of fused-ring (bicyclic) bond motifs is 1. The molecule has 0 aromatic rings. The van der Waals surface area contributed by atoms with E-state index in [4.69, 9.17) is 10.5 Å². The minimum atomic E-state index is -0.384. The molecule has 2 aliphatic heterocycles. The highest BCUT2D eigenvalue weighted by molar-refractivity contribution is 5.83. The summed E-state index contributed by atoms with van der Waals surface area (Å²) in [5, 5.41) is 3.07. The van der Waals surface area contributed by atoms with E-state index < -0.39 is 0 Å². The molecule has 114 valence electrons. The Balaban J connectivity index is 1.48. The predicted molar refractivity (Wildman–Crippen MR) is 77.3 cm³/mol. The van der Waals surface area contributed by atoms with Crippen molar-refractivity contribution in [2.24, 2.45) is 11.1 Å². The van der Waals surface area contributed by atoms with Gasteiger partial charge >= 0.3 is 0 Å². The van der Waals surface area contributed by atoms with Crippen LogP contribution in [0.1, 0.15) is 39.0 Å². The van der Waals surface area contributed by atoms with Crippen molar-refractivity contribution < 1.29 is 9.53 Å². The number of nitrogens with zero attached hydrogens (tertiary/aromatic N) is 1. The molecule has 4 unspecified atom stereocenters. The minimum absolute atomic E-state index is 0.00210. The second-order valence-corrected chi connectivity index (χ2v) is 6.87. The van der Waals surface area contributed by atoms with Crippen LogP contribution in [0.2, 0.25) is 0 Å². The van der Waals surface area contributed by atoms with Crippen LogP contribution in [0.15, 0.2) is 0 Å². The molecule has 3 N–H and O–H groups in total. The summed E-state index contributed by atoms with van der Waals surface area (Å²) in [5.74, 6) is 0.106. The number of rotatable bonds is 3. The zero-order valence-electron chi connectivity index (χ0n) is 12.4. The number of carbonyl (C=O) groups is 1. The van der Waals surface area contributed by atoms with Crippen LogP contribution in [0, 0.1) is 5.41 Å². The van der Waals surface area contributed by atoms with Gasteiger partial charge in [0.05, 0.1) is 18.1 Å². The Morgan fingerprint density at radius 2 is 2.30 bits per heavy atom. The van der Waals surface area contributed by atoms with E-state index in [9.17, 15) is 4.79 Å². The first kappa shape index (κ1) is 14.3. The van der Waals surface area contributed by atoms with Gasteiger partial charge in [0.15, 0.2) is 0 Å². The smallest absolute Gasteiger partial charge is 0.227 e. The summed E-state index contributed by atoms with van der Waals surface area (Å²) in [6, 6.07) is 0.612. The third-order valence-electron chi connectivity index (χ3n) is 5.50. The van der Waals surface area contributed by atoms with Crippen molar-refractivity contribution in [2.45, 2.75) is 57.2 Å². The summed E-state index contributed by atoms with van der Waals surface area (Å²) >= 11 is 0. The molecular formula is C15H27N3O2. The van der Waals surface area contributed by atoms with Crippen molar-refractivity contribution in [3.8, 4) is 0 Å². The number of hydrogen-bond acceptors (Lipinski definition) is 4. The Hall–Kier alpha value is -0.650. The monoisotopic (exact) mass is 281 g/mol. The van der Waals surface area contributed by atoms with Crippen LogP contribution in [-0.4, -0.2) is 55.2 Å². The molecule has 3 rings (SSSR count). The van der Waals surface area contributed by atoms with Gasteiger partial charge in [-0.3, -0.25) is 9.69 Å². The fourth-order valence-corrected chi connectivity index (χ4v) is 3.89. The van der Waals surface area contributed by atoms with E-state index in [0.29, 0.717) is 12.6 Å². The van der Waals surface area contributed by atoms with Crippen molar-refractivity contribution in [2.75, 3.05) is 26.2 Å². The van der Waals surface area contributed by atoms with Crippen molar-refractivity contribution in [1.82, 2.24) is 10.2 Å². The molecule has 0 aromatic carbocycles. The van der Waals surface area contributed by atoms with Gasteiger partial charge in [0.2, 0.25) is 5.91 Å². The Morgan fingerprint density at radius 3 is 3.05 bits per heavy atom. The van der Waals surface area contributed by atoms with Crippen LogP contribution >= 0.6 is 0 Å². The Morgan fingerprint density at radius 1 is 1.45 bits per heavy atom. The maximum absolute atomic E-state index is 12.4. The molecule has 1 aliphatic carbocycles. The van der Waals surface area contributed by atoms with E-state index in [1.807, 2.05) is 6.92 Å². The van der Waals surface area contributed by atoms with E-state index in [1.54, 1.807) is 0 Å². The third-order valence-corrected chi connectivity index (χ3v) is 5.50. The molecule has 3 fully saturated rings. The van der Waals surface area contributed by atoms with E-state index in [-0.39, 0.29) is 23.5 Å². The van der Waals surface area contributed by atoms with Gasteiger partial charge in [-0.1, -0.05) is 6.42 Å². The first-order valence-corrected chi connectivity index (χ1v) is 7.99. The molecule has 2 heterocycles. The average molecular weight is 281 g/mol. The molecule has 0 bridgehead atoms. The molecule has 0 radical (unpaired) electrons. The zero-order valence-corrected chi connectivity index (χ0v) is 12.4. The molecule has 1 saturated carbocycles. The summed E-state index contributed by atoms with van der Waals surface area (Å²) in [6.45, 7) is 5.56. The molecule has 1 amide bonds. The van der Waals surface area contributed by atoms with Gasteiger partial charge in [-0.05, 0) is 39.2 Å². The Kier molecular flexibility index (Phi) is 4.02. The summed E-state index contributed by atoms with van der Waals surface area (Å²) in [4.78, 5) is 14.9. The second-order valence-electron chi connectivity index (χ2n) is 6.87. The standard InChI is InChI=1S/C15H27N3O2/c1-15(6-2-5-13(15)16)14(19)17-8-12-9-18-7-3-4-11(18)10-20-12/h11-13H,2-10,16H2,1H3,(H,17,19). The van der Waals surface area contributed by atoms with Crippen LogP contribution < -0.4 is 11.1 Å². The normalized spacial score (nSPS) is 41.6. The number of hydrogen-bond donors (Lipinski definition) is 2. The van der Waals surface area contributed by atoms with Crippen molar-refractivity contribution >= 4 is 5.91 Å². The number of nitrogens with two attached hydrogens (primary N) is 1. The van der Waals surface area contributed by atoms with E-state index in [0.717, 1.165) is 32.4 Å². The molecule has 2 saturated heterocycles. The van der Waals surface area contributed by atoms with Crippen molar-refractivity contribution in [3.63, 3.8) is 0 Å². The van der Waals surface area contributed by atoms with Crippen molar-refractivity contribution in [1.29, 1.82) is 0 Å². The molecule has 3 aliphatic rings. The fraction of sp³-hybridized carbons (Fsp3) is 0.933. The minimum Gasteiger partial charge on any atom is -0.373 e. The molecule has 20 heavy (non-hydrogen) atoms. The molecule has 5 nitrogen and oxygen atoms in total. The highest BCUT2D eigenvalue weighted by atomic mass is 16.5. The van der Waals surface area contributed by atoms with Gasteiger partial charge in [-0.15, -0.1) is 0 Å². The number of amides is 1. The lowest BCUT2D eigenvalue weighted by molar-refractivity contribution is -0.132. The number of morpholine rings is 1. The lowest BCUT2D eigenvalue weighted by atomic mass is 9.84. The van der Waals surface area contributed by atoms with Crippen LogP contribution in [0.5, 0.6) is 0 Å². The molecule has 4 atom stereocenters. The third kappa shape index (κ3) is 2.59. The first-order chi connectivity index (χ1) is 9.59. The number of ether oxygens (including phenoxy) is 1. The van der Waals surface area contributed by atoms with Crippen LogP contribution in [0.3, 0.4) is 0 Å². The van der Waals surface area contributed by atoms with Gasteiger partial charge < -0.3 is 15.8 Å². The van der Waals surface area contributed by atoms with Gasteiger partial charge in [-0.25, -0.2) is 0 Å². The van der Waals surface area contributed by atoms with Gasteiger partial charge in [0, 0.05) is 25.2 Å². The van der Waals surface area contributed by atoms with Gasteiger partial charge in [0.25, 0.3) is 0 Å². The SMILES string of the molecule is CC1(C(=O)NCC2CN3CCCC3CO2)CCCC1N. The largest absolute Gasteiger partial charge is 0.373 e. The average Bonchev–Trinajstić information content (AvgIpc) is 3.03. The fourth-order valence-electron chi connectivity index (χ4n) is 3.89. The summed E-state index contributed by atoms with van der Waals surface area (Å²) in [5.41, 5.74) is 5.71. The van der Waals surface area contributed by atoms with Gasteiger partial charge in [0.1, 0.15) is 0 Å². The topological polar surface area (TPSA) is 67.6 Å². The highest BCUT2D eigenvalue weighted by Gasteiger charge is 2.43. The maximum Gasteiger partial charge on any atom is 0.227 e. The summed E-state index contributed by atoms with van der Waals surface area (Å²) < 4.78 is 5.88. The summed E-state index contributed by atoms with van der Waals surface area (Å²) in [7, 11) is 0. The van der Waals surface area contributed by atoms with Gasteiger partial charge in [-0.2, -0.15) is 0 Å². The quantitative estimate of drug-likeness (QED) is 0.790. The van der Waals surface area contributed by atoms with Crippen molar-refractivity contribution in [3.05, 3.63) is 0 Å². The lowest BCUT2D eigenvalue weighted by Gasteiger charge is -2.36. The molecule has 0 aromatic heterocycles. The molecule has 0 spiro atoms. The number of nitrogens with one attached hydrogen (secondary N) is 1. The highest BCUT2D eigenvalue weighted by Crippen LogP contribution is 2.36. The predicted octanol–water partition coefficient (Wildman–Crippen LogP) is 0.483. The maximum atomic E-state index is 12.4. The van der Waals surface area contributed by atoms with E-state index >= 15 is 0 Å². The van der Waals surface area contributed by atoms with E-state index in [2.05, 4.69) is 10.2 Å². The van der Waals surface area contributed by atoms with Crippen LogP contribution in [0.25, 0.3) is 0 Å². The molecular weight excluding hydrogens is 254 g/mol. The van der Waals surface area contributed by atoms with E-state index in [1.165, 1.54) is 19.4 Å². The zero-order chi connectivity index (χ0) is 14.2.